The normalized spacial score (nSPS) is 13.9. The lowest BCUT2D eigenvalue weighted by atomic mass is 9.98. The molecule has 1 aliphatic rings. The van der Waals surface area contributed by atoms with Gasteiger partial charge in [0, 0.05) is 12.0 Å². The minimum atomic E-state index is -1.14. The third-order valence-corrected chi connectivity index (χ3v) is 6.22. The van der Waals surface area contributed by atoms with E-state index in [4.69, 9.17) is 9.15 Å². The third-order valence-electron chi connectivity index (χ3n) is 6.22. The van der Waals surface area contributed by atoms with Gasteiger partial charge in [-0.05, 0) is 28.2 Å². The Morgan fingerprint density at radius 1 is 1.03 bits per heavy atom. The molecule has 0 fully saturated rings. The van der Waals surface area contributed by atoms with Gasteiger partial charge in [0.15, 0.2) is 0 Å². The summed E-state index contributed by atoms with van der Waals surface area (Å²) in [6.07, 6.45) is 1.07. The van der Waals surface area contributed by atoms with Gasteiger partial charge in [0.1, 0.15) is 12.6 Å². The molecular formula is C26H26N2O6. The Labute approximate surface area is 196 Å². The number of hydrogen-bond acceptors (Lipinski definition) is 5. The lowest BCUT2D eigenvalue weighted by Gasteiger charge is -2.19. The van der Waals surface area contributed by atoms with E-state index in [0.29, 0.717) is 6.42 Å². The molecule has 2 amide bonds. The summed E-state index contributed by atoms with van der Waals surface area (Å²) in [5.74, 6) is -2.44. The number of aliphatic carboxylic acids is 1. The first-order valence-corrected chi connectivity index (χ1v) is 11.1. The van der Waals surface area contributed by atoms with Crippen molar-refractivity contribution < 1.29 is 28.6 Å². The monoisotopic (exact) mass is 462 g/mol. The van der Waals surface area contributed by atoms with Crippen molar-refractivity contribution in [3.63, 3.8) is 0 Å². The first-order chi connectivity index (χ1) is 16.4. The van der Waals surface area contributed by atoms with Crippen LogP contribution in [0.15, 0.2) is 65.3 Å². The number of anilines is 1. The zero-order valence-corrected chi connectivity index (χ0v) is 18.9. The number of furan rings is 1. The minimum Gasteiger partial charge on any atom is -0.480 e. The fourth-order valence-electron chi connectivity index (χ4n) is 4.22. The number of carbonyl (C=O) groups excluding carboxylic acids is 2. The van der Waals surface area contributed by atoms with Crippen LogP contribution in [0.3, 0.4) is 0 Å². The van der Waals surface area contributed by atoms with Crippen LogP contribution in [-0.2, 0) is 9.53 Å². The molecule has 0 aliphatic heterocycles. The van der Waals surface area contributed by atoms with E-state index in [1.807, 2.05) is 55.5 Å². The van der Waals surface area contributed by atoms with E-state index in [1.165, 1.54) is 12.3 Å². The number of carboxylic acid groups (broad SMARTS) is 1. The number of fused-ring (bicyclic) bond motifs is 3. The maximum absolute atomic E-state index is 12.6. The molecule has 0 saturated carbocycles. The number of nitrogens with one attached hydrogen (secondary N) is 2. The van der Waals surface area contributed by atoms with Crippen molar-refractivity contribution in [1.82, 2.24) is 5.32 Å². The van der Waals surface area contributed by atoms with E-state index >= 15 is 0 Å². The summed E-state index contributed by atoms with van der Waals surface area (Å²) in [6.45, 7) is 3.69. The van der Waals surface area contributed by atoms with Gasteiger partial charge in [0.05, 0.1) is 12.0 Å². The lowest BCUT2D eigenvalue weighted by Crippen LogP contribution is -2.45. The van der Waals surface area contributed by atoms with Gasteiger partial charge in [0.25, 0.3) is 5.91 Å². The van der Waals surface area contributed by atoms with Crippen LogP contribution < -0.4 is 10.6 Å². The predicted molar refractivity (Wildman–Crippen MR) is 126 cm³/mol. The van der Waals surface area contributed by atoms with Gasteiger partial charge in [-0.3, -0.25) is 10.1 Å². The average Bonchev–Trinajstić information content (AvgIpc) is 3.43. The quantitative estimate of drug-likeness (QED) is 0.440. The minimum absolute atomic E-state index is 0.0999. The van der Waals surface area contributed by atoms with Crippen molar-refractivity contribution in [1.29, 1.82) is 0 Å². The summed E-state index contributed by atoms with van der Waals surface area (Å²) in [4.78, 5) is 36.7. The molecule has 2 aromatic carbocycles. The molecule has 2 atom stereocenters. The van der Waals surface area contributed by atoms with Crippen LogP contribution >= 0.6 is 0 Å². The zero-order valence-electron chi connectivity index (χ0n) is 18.9. The van der Waals surface area contributed by atoms with Crippen LogP contribution in [0.2, 0.25) is 0 Å². The molecular weight excluding hydrogens is 436 g/mol. The van der Waals surface area contributed by atoms with Crippen LogP contribution in [-0.4, -0.2) is 35.7 Å². The van der Waals surface area contributed by atoms with E-state index in [9.17, 15) is 19.5 Å². The Balaban J connectivity index is 1.42. The van der Waals surface area contributed by atoms with Crippen molar-refractivity contribution in [3.8, 4) is 11.1 Å². The van der Waals surface area contributed by atoms with E-state index in [0.717, 1.165) is 22.3 Å². The van der Waals surface area contributed by atoms with Gasteiger partial charge in [-0.1, -0.05) is 68.8 Å². The second-order valence-electron chi connectivity index (χ2n) is 8.29. The largest absolute Gasteiger partial charge is 0.480 e. The van der Waals surface area contributed by atoms with E-state index < -0.39 is 24.0 Å². The molecule has 1 aromatic heterocycles. The molecule has 0 radical (unpaired) electrons. The Hall–Kier alpha value is -4.07. The Kier molecular flexibility index (Phi) is 6.67. The van der Waals surface area contributed by atoms with Gasteiger partial charge in [-0.15, -0.1) is 0 Å². The summed E-state index contributed by atoms with van der Waals surface area (Å²) in [5.41, 5.74) is 4.52. The van der Waals surface area contributed by atoms with Crippen LogP contribution in [0.5, 0.6) is 0 Å². The van der Waals surface area contributed by atoms with Gasteiger partial charge in [-0.2, -0.15) is 0 Å². The molecule has 1 heterocycles. The maximum Gasteiger partial charge on any atom is 0.411 e. The molecule has 0 spiro atoms. The molecule has 4 rings (SSSR count). The van der Waals surface area contributed by atoms with Crippen LogP contribution in [0.1, 0.15) is 47.9 Å². The average molecular weight is 463 g/mol. The number of rotatable bonds is 8. The number of carboxylic acids is 1. The molecule has 8 heteroatoms. The van der Waals surface area contributed by atoms with Crippen LogP contribution in [0.25, 0.3) is 11.1 Å². The van der Waals surface area contributed by atoms with Gasteiger partial charge < -0.3 is 19.6 Å². The Bertz CT molecular complexity index is 1170. The summed E-state index contributed by atoms with van der Waals surface area (Å²) >= 11 is 0. The van der Waals surface area contributed by atoms with E-state index in [-0.39, 0.29) is 29.9 Å². The molecule has 176 valence electrons. The highest BCUT2D eigenvalue weighted by atomic mass is 16.5. The number of ether oxygens (including phenoxy) is 1. The van der Waals surface area contributed by atoms with Gasteiger partial charge in [-0.25, -0.2) is 9.59 Å². The summed E-state index contributed by atoms with van der Waals surface area (Å²) in [6, 6.07) is 16.4. The predicted octanol–water partition coefficient (Wildman–Crippen LogP) is 4.87. The van der Waals surface area contributed by atoms with Crippen molar-refractivity contribution in [2.75, 3.05) is 11.9 Å². The second kappa shape index (κ2) is 9.82. The first-order valence-electron chi connectivity index (χ1n) is 11.1. The fourth-order valence-corrected chi connectivity index (χ4v) is 4.22. The highest BCUT2D eigenvalue weighted by Gasteiger charge is 2.30. The summed E-state index contributed by atoms with van der Waals surface area (Å²) in [5, 5.41) is 14.4. The van der Waals surface area contributed by atoms with Gasteiger partial charge in [0.2, 0.25) is 5.76 Å². The van der Waals surface area contributed by atoms with Crippen molar-refractivity contribution >= 4 is 23.7 Å². The summed E-state index contributed by atoms with van der Waals surface area (Å²) < 4.78 is 10.7. The SMILES string of the molecule is CC[C@H](C)[C@H](NC(=O)c1occc1NC(=O)OCC1c2ccccc2-c2ccccc21)C(=O)O. The Morgan fingerprint density at radius 2 is 1.65 bits per heavy atom. The van der Waals surface area contributed by atoms with Crippen LogP contribution in [0.4, 0.5) is 10.5 Å². The fraction of sp³-hybridized carbons (Fsp3) is 0.269. The number of benzene rings is 2. The molecule has 3 N–H and O–H groups in total. The molecule has 34 heavy (non-hydrogen) atoms. The smallest absolute Gasteiger partial charge is 0.411 e. The molecule has 1 aliphatic carbocycles. The highest BCUT2D eigenvalue weighted by molar-refractivity contribution is 6.01. The molecule has 8 nitrogen and oxygen atoms in total. The molecule has 0 saturated heterocycles. The van der Waals surface area contributed by atoms with Crippen molar-refractivity contribution in [2.45, 2.75) is 32.2 Å². The topological polar surface area (TPSA) is 118 Å². The van der Waals surface area contributed by atoms with Crippen molar-refractivity contribution in [2.24, 2.45) is 5.92 Å². The third kappa shape index (κ3) is 4.52. The zero-order chi connectivity index (χ0) is 24.2. The van der Waals surface area contributed by atoms with Gasteiger partial charge >= 0.3 is 12.1 Å². The highest BCUT2D eigenvalue weighted by Crippen LogP contribution is 2.44. The second-order valence-corrected chi connectivity index (χ2v) is 8.29. The lowest BCUT2D eigenvalue weighted by molar-refractivity contribution is -0.140. The standard InChI is InChI=1S/C26H26N2O6/c1-3-15(2)22(25(30)31)28-24(29)23-21(12-13-33-23)27-26(32)34-14-20-18-10-6-4-8-16(18)17-9-5-7-11-19(17)20/h4-13,15,20,22H,3,14H2,1-2H3,(H,27,32)(H,28,29)(H,30,31)/t15-,22-/m0/s1. The number of amides is 2. The molecule has 0 unspecified atom stereocenters. The van der Waals surface area contributed by atoms with Crippen LogP contribution in [0, 0.1) is 5.92 Å². The van der Waals surface area contributed by atoms with Crippen molar-refractivity contribution in [3.05, 3.63) is 77.7 Å². The van der Waals surface area contributed by atoms with E-state index in [1.54, 1.807) is 6.92 Å². The Morgan fingerprint density at radius 3 is 2.24 bits per heavy atom. The number of hydrogen-bond donors (Lipinski definition) is 3. The molecule has 0 bridgehead atoms. The summed E-state index contributed by atoms with van der Waals surface area (Å²) in [7, 11) is 0. The number of carbonyl (C=O) groups is 3. The maximum atomic E-state index is 12.6. The first kappa shape index (κ1) is 23.1. The molecule has 3 aromatic rings. The van der Waals surface area contributed by atoms with E-state index in [2.05, 4.69) is 10.6 Å².